The predicted molar refractivity (Wildman–Crippen MR) is 83.0 cm³/mol. The number of benzene rings is 1. The SMILES string of the molecule is CC(C)(CC(=O)O)NC(=O)NCCc1ccc(Cl)cc1Cl. The molecule has 7 heteroatoms. The predicted octanol–water partition coefficient (Wildman–Crippen LogP) is 3.09. The van der Waals surface area contributed by atoms with E-state index in [0.717, 1.165) is 5.56 Å². The summed E-state index contributed by atoms with van der Waals surface area (Å²) in [5.74, 6) is -0.965. The molecule has 1 rings (SSSR count). The van der Waals surface area contributed by atoms with Crippen LogP contribution in [0.2, 0.25) is 10.0 Å². The van der Waals surface area contributed by atoms with Crippen molar-refractivity contribution in [1.29, 1.82) is 0 Å². The van der Waals surface area contributed by atoms with Crippen LogP contribution >= 0.6 is 23.2 Å². The number of rotatable bonds is 6. The van der Waals surface area contributed by atoms with Crippen molar-refractivity contribution in [3.8, 4) is 0 Å². The van der Waals surface area contributed by atoms with Crippen molar-refractivity contribution in [3.63, 3.8) is 0 Å². The average molecular weight is 333 g/mol. The topological polar surface area (TPSA) is 78.4 Å². The zero-order valence-electron chi connectivity index (χ0n) is 11.9. The third kappa shape index (κ3) is 6.69. The number of amides is 2. The highest BCUT2D eigenvalue weighted by Crippen LogP contribution is 2.21. The number of carboxylic acids is 1. The van der Waals surface area contributed by atoms with Gasteiger partial charge < -0.3 is 15.7 Å². The second-order valence-corrected chi connectivity index (χ2v) is 6.16. The molecule has 0 atom stereocenters. The molecule has 3 N–H and O–H groups in total. The number of halogens is 2. The van der Waals surface area contributed by atoms with Gasteiger partial charge in [0.25, 0.3) is 0 Å². The molecule has 0 aromatic heterocycles. The first-order valence-electron chi connectivity index (χ1n) is 6.41. The van der Waals surface area contributed by atoms with Gasteiger partial charge in [0.1, 0.15) is 0 Å². The number of carbonyl (C=O) groups excluding carboxylic acids is 1. The largest absolute Gasteiger partial charge is 0.481 e. The highest BCUT2D eigenvalue weighted by atomic mass is 35.5. The lowest BCUT2D eigenvalue weighted by Crippen LogP contribution is -2.49. The lowest BCUT2D eigenvalue weighted by atomic mass is 10.0. The molecule has 5 nitrogen and oxygen atoms in total. The number of carboxylic acid groups (broad SMARTS) is 1. The second kappa shape index (κ2) is 7.52. The quantitative estimate of drug-likeness (QED) is 0.748. The van der Waals surface area contributed by atoms with Crippen LogP contribution in [0.25, 0.3) is 0 Å². The van der Waals surface area contributed by atoms with Crippen LogP contribution in [0.4, 0.5) is 4.79 Å². The molecule has 2 amide bonds. The lowest BCUT2D eigenvalue weighted by molar-refractivity contribution is -0.138. The van der Waals surface area contributed by atoms with Gasteiger partial charge in [-0.1, -0.05) is 29.3 Å². The molecule has 0 spiro atoms. The number of aliphatic carboxylic acids is 1. The van der Waals surface area contributed by atoms with Crippen molar-refractivity contribution in [2.24, 2.45) is 0 Å². The lowest BCUT2D eigenvalue weighted by Gasteiger charge is -2.24. The smallest absolute Gasteiger partial charge is 0.315 e. The van der Waals surface area contributed by atoms with E-state index in [2.05, 4.69) is 10.6 Å². The van der Waals surface area contributed by atoms with Gasteiger partial charge in [0.15, 0.2) is 0 Å². The Kier molecular flexibility index (Phi) is 6.30. The summed E-state index contributed by atoms with van der Waals surface area (Å²) in [4.78, 5) is 22.4. The van der Waals surface area contributed by atoms with Crippen LogP contribution in [0.5, 0.6) is 0 Å². The average Bonchev–Trinajstić information content (AvgIpc) is 2.29. The van der Waals surface area contributed by atoms with E-state index < -0.39 is 17.5 Å². The van der Waals surface area contributed by atoms with Gasteiger partial charge in [-0.25, -0.2) is 4.79 Å². The Balaban J connectivity index is 2.41. The fourth-order valence-corrected chi connectivity index (χ4v) is 2.31. The molecule has 0 aliphatic rings. The second-order valence-electron chi connectivity index (χ2n) is 5.32. The molecule has 0 heterocycles. The molecule has 0 saturated carbocycles. The minimum atomic E-state index is -0.965. The van der Waals surface area contributed by atoms with E-state index in [4.69, 9.17) is 28.3 Å². The summed E-state index contributed by atoms with van der Waals surface area (Å²) in [5, 5.41) is 15.1. The van der Waals surface area contributed by atoms with E-state index >= 15 is 0 Å². The standard InChI is InChI=1S/C14H18Cl2N2O3/c1-14(2,8-12(19)20)18-13(21)17-6-5-9-3-4-10(15)7-11(9)16/h3-4,7H,5-6,8H2,1-2H3,(H,19,20)(H2,17,18,21). The summed E-state index contributed by atoms with van der Waals surface area (Å²) in [6.07, 6.45) is 0.409. The van der Waals surface area contributed by atoms with Crippen molar-refractivity contribution in [2.75, 3.05) is 6.54 Å². The fourth-order valence-electron chi connectivity index (χ4n) is 1.81. The van der Waals surface area contributed by atoms with Crippen LogP contribution < -0.4 is 10.6 Å². The van der Waals surface area contributed by atoms with Gasteiger partial charge in [-0.2, -0.15) is 0 Å². The molecule has 0 radical (unpaired) electrons. The van der Waals surface area contributed by atoms with Gasteiger partial charge in [0.05, 0.1) is 6.42 Å². The molecular formula is C14H18Cl2N2O3. The molecule has 21 heavy (non-hydrogen) atoms. The number of urea groups is 1. The van der Waals surface area contributed by atoms with Crippen LogP contribution in [0, 0.1) is 0 Å². The van der Waals surface area contributed by atoms with Crippen molar-refractivity contribution < 1.29 is 14.7 Å². The Morgan fingerprint density at radius 2 is 1.95 bits per heavy atom. The first kappa shape index (κ1) is 17.6. The molecule has 116 valence electrons. The summed E-state index contributed by atoms with van der Waals surface area (Å²) in [6.45, 7) is 3.68. The van der Waals surface area contributed by atoms with Crippen LogP contribution in [-0.4, -0.2) is 29.2 Å². The highest BCUT2D eigenvalue weighted by Gasteiger charge is 2.23. The number of nitrogens with one attached hydrogen (secondary N) is 2. The molecule has 1 aromatic carbocycles. The molecule has 0 aliphatic heterocycles. The van der Waals surface area contributed by atoms with Crippen molar-refractivity contribution in [1.82, 2.24) is 10.6 Å². The zero-order valence-corrected chi connectivity index (χ0v) is 13.4. The highest BCUT2D eigenvalue weighted by molar-refractivity contribution is 6.35. The van der Waals surface area contributed by atoms with E-state index in [0.29, 0.717) is 23.0 Å². The van der Waals surface area contributed by atoms with Gasteiger partial charge in [-0.15, -0.1) is 0 Å². The maximum Gasteiger partial charge on any atom is 0.315 e. The van der Waals surface area contributed by atoms with E-state index in [1.807, 2.05) is 0 Å². The first-order chi connectivity index (χ1) is 9.69. The first-order valence-corrected chi connectivity index (χ1v) is 7.17. The summed E-state index contributed by atoms with van der Waals surface area (Å²) in [7, 11) is 0. The monoisotopic (exact) mass is 332 g/mol. The van der Waals surface area contributed by atoms with Gasteiger partial charge in [-0.3, -0.25) is 4.79 Å². The Morgan fingerprint density at radius 3 is 2.52 bits per heavy atom. The minimum absolute atomic E-state index is 0.149. The van der Waals surface area contributed by atoms with E-state index in [1.54, 1.807) is 32.0 Å². The third-order valence-electron chi connectivity index (χ3n) is 2.74. The Morgan fingerprint density at radius 1 is 1.29 bits per heavy atom. The molecule has 1 aromatic rings. The normalized spacial score (nSPS) is 11.0. The number of carbonyl (C=O) groups is 2. The maximum absolute atomic E-state index is 11.7. The molecule has 0 bridgehead atoms. The zero-order chi connectivity index (χ0) is 16.0. The molecule has 0 aliphatic carbocycles. The Bertz CT molecular complexity index is 533. The minimum Gasteiger partial charge on any atom is -0.481 e. The molecular weight excluding hydrogens is 315 g/mol. The van der Waals surface area contributed by atoms with Crippen LogP contribution in [-0.2, 0) is 11.2 Å². The fraction of sp³-hybridized carbons (Fsp3) is 0.429. The van der Waals surface area contributed by atoms with Gasteiger partial charge in [0.2, 0.25) is 0 Å². The number of hydrogen-bond acceptors (Lipinski definition) is 2. The van der Waals surface area contributed by atoms with Gasteiger partial charge >= 0.3 is 12.0 Å². The molecule has 0 saturated heterocycles. The van der Waals surface area contributed by atoms with Crippen molar-refractivity contribution in [2.45, 2.75) is 32.2 Å². The van der Waals surface area contributed by atoms with Crippen molar-refractivity contribution in [3.05, 3.63) is 33.8 Å². The summed E-state index contributed by atoms with van der Waals surface area (Å²) in [5.41, 5.74) is 0.0690. The Labute approximate surface area is 133 Å². The summed E-state index contributed by atoms with van der Waals surface area (Å²) < 4.78 is 0. The van der Waals surface area contributed by atoms with Crippen LogP contribution in [0.3, 0.4) is 0 Å². The maximum atomic E-state index is 11.7. The molecule has 0 unspecified atom stereocenters. The summed E-state index contributed by atoms with van der Waals surface area (Å²) in [6, 6.07) is 4.78. The van der Waals surface area contributed by atoms with Gasteiger partial charge in [0, 0.05) is 22.1 Å². The van der Waals surface area contributed by atoms with Crippen molar-refractivity contribution >= 4 is 35.2 Å². The third-order valence-corrected chi connectivity index (χ3v) is 3.33. The van der Waals surface area contributed by atoms with Gasteiger partial charge in [-0.05, 0) is 38.0 Å². The van der Waals surface area contributed by atoms with Crippen LogP contribution in [0.1, 0.15) is 25.8 Å². The summed E-state index contributed by atoms with van der Waals surface area (Å²) >= 11 is 11.8. The van der Waals surface area contributed by atoms with E-state index in [9.17, 15) is 9.59 Å². The molecule has 0 fully saturated rings. The Hall–Kier alpha value is -1.46. The number of hydrogen-bond donors (Lipinski definition) is 3. The van der Waals surface area contributed by atoms with E-state index in [1.165, 1.54) is 0 Å². The van der Waals surface area contributed by atoms with Crippen LogP contribution in [0.15, 0.2) is 18.2 Å². The van der Waals surface area contributed by atoms with E-state index in [-0.39, 0.29) is 6.42 Å².